The first kappa shape index (κ1) is 15.9. The molecule has 0 saturated carbocycles. The number of para-hydroxylation sites is 2. The maximum atomic E-state index is 12.3. The summed E-state index contributed by atoms with van der Waals surface area (Å²) >= 11 is 0. The van der Waals surface area contributed by atoms with Crippen molar-refractivity contribution < 1.29 is 4.79 Å². The molecule has 8 heteroatoms. The average Bonchev–Trinajstić information content (AvgIpc) is 3.07. The Morgan fingerprint density at radius 1 is 1.08 bits per heavy atom. The molecule has 2 aromatic heterocycles. The number of fused-ring (bicyclic) bond motifs is 2. The van der Waals surface area contributed by atoms with Crippen LogP contribution >= 0.6 is 0 Å². The number of benzene rings is 2. The van der Waals surface area contributed by atoms with Crippen LogP contribution in [0.1, 0.15) is 5.82 Å². The molecule has 0 unspecified atom stereocenters. The molecule has 0 aliphatic carbocycles. The molecule has 0 saturated heterocycles. The Hall–Kier alpha value is -3.55. The predicted octanol–water partition coefficient (Wildman–Crippen LogP) is 1.03. The van der Waals surface area contributed by atoms with Gasteiger partial charge in [-0.1, -0.05) is 29.5 Å². The second kappa shape index (κ2) is 6.75. The third-order valence-corrected chi connectivity index (χ3v) is 4.05. The van der Waals surface area contributed by atoms with Crippen molar-refractivity contribution in [3.8, 4) is 0 Å². The number of H-pyrrole nitrogens is 1. The standard InChI is InChI=1S/C18H16N6O2/c25-17(11-24-18(26)12-5-1-2-6-13(12)22-23-24)19-10-9-16-20-14-7-3-4-8-15(14)21-16/h1-8H,9-11H2,(H,19,25)(H,20,21). The number of aromatic amines is 1. The molecule has 4 rings (SSSR count). The average molecular weight is 348 g/mol. The van der Waals surface area contributed by atoms with Crippen molar-refractivity contribution in [1.82, 2.24) is 30.3 Å². The van der Waals surface area contributed by atoms with E-state index in [0.717, 1.165) is 21.5 Å². The van der Waals surface area contributed by atoms with E-state index in [1.165, 1.54) is 0 Å². The van der Waals surface area contributed by atoms with Gasteiger partial charge in [0.25, 0.3) is 5.56 Å². The lowest BCUT2D eigenvalue weighted by atomic mass is 10.2. The Bertz CT molecular complexity index is 1110. The van der Waals surface area contributed by atoms with Crippen LogP contribution in [0.25, 0.3) is 21.9 Å². The minimum absolute atomic E-state index is 0.170. The van der Waals surface area contributed by atoms with Gasteiger partial charge >= 0.3 is 0 Å². The summed E-state index contributed by atoms with van der Waals surface area (Å²) < 4.78 is 1.07. The zero-order valence-electron chi connectivity index (χ0n) is 13.8. The van der Waals surface area contributed by atoms with E-state index < -0.39 is 0 Å². The fourth-order valence-corrected chi connectivity index (χ4v) is 2.76. The lowest BCUT2D eigenvalue weighted by Crippen LogP contribution is -2.35. The van der Waals surface area contributed by atoms with Crippen LogP contribution in [0.15, 0.2) is 53.3 Å². The van der Waals surface area contributed by atoms with E-state index in [2.05, 4.69) is 25.6 Å². The molecule has 2 N–H and O–H groups in total. The van der Waals surface area contributed by atoms with Crippen molar-refractivity contribution in [3.63, 3.8) is 0 Å². The third kappa shape index (κ3) is 3.16. The van der Waals surface area contributed by atoms with E-state index in [-0.39, 0.29) is 18.0 Å². The molecule has 0 fully saturated rings. The fraction of sp³-hybridized carbons (Fsp3) is 0.167. The van der Waals surface area contributed by atoms with Gasteiger partial charge in [0.2, 0.25) is 5.91 Å². The van der Waals surface area contributed by atoms with Gasteiger partial charge in [0.1, 0.15) is 17.9 Å². The Balaban J connectivity index is 1.38. The second-order valence-electron chi connectivity index (χ2n) is 5.87. The van der Waals surface area contributed by atoms with E-state index in [1.54, 1.807) is 24.3 Å². The molecule has 0 aliphatic rings. The number of nitrogens with one attached hydrogen (secondary N) is 2. The predicted molar refractivity (Wildman–Crippen MR) is 96.6 cm³/mol. The van der Waals surface area contributed by atoms with Gasteiger partial charge in [-0.2, -0.15) is 0 Å². The van der Waals surface area contributed by atoms with Gasteiger partial charge in [-0.25, -0.2) is 9.67 Å². The van der Waals surface area contributed by atoms with Gasteiger partial charge in [-0.3, -0.25) is 9.59 Å². The molecule has 0 aliphatic heterocycles. The summed E-state index contributed by atoms with van der Waals surface area (Å²) in [4.78, 5) is 32.1. The molecule has 0 radical (unpaired) electrons. The van der Waals surface area contributed by atoms with Gasteiger partial charge in [0, 0.05) is 13.0 Å². The maximum absolute atomic E-state index is 12.3. The van der Waals surface area contributed by atoms with Crippen LogP contribution in [0.3, 0.4) is 0 Å². The largest absolute Gasteiger partial charge is 0.354 e. The molecule has 26 heavy (non-hydrogen) atoms. The van der Waals surface area contributed by atoms with E-state index in [0.29, 0.717) is 23.9 Å². The number of carbonyl (C=O) groups is 1. The first-order chi connectivity index (χ1) is 12.7. The number of carbonyl (C=O) groups excluding carboxylic acids is 1. The Labute approximate surface area is 147 Å². The van der Waals surface area contributed by atoms with Gasteiger partial charge in [-0.05, 0) is 24.3 Å². The van der Waals surface area contributed by atoms with Gasteiger partial charge in [-0.15, -0.1) is 5.10 Å². The number of rotatable bonds is 5. The lowest BCUT2D eigenvalue weighted by molar-refractivity contribution is -0.121. The van der Waals surface area contributed by atoms with Gasteiger partial charge in [0.15, 0.2) is 0 Å². The monoisotopic (exact) mass is 348 g/mol. The van der Waals surface area contributed by atoms with Crippen molar-refractivity contribution in [3.05, 3.63) is 64.7 Å². The molecular weight excluding hydrogens is 332 g/mol. The van der Waals surface area contributed by atoms with E-state index in [9.17, 15) is 9.59 Å². The molecule has 2 heterocycles. The normalized spacial score (nSPS) is 11.1. The number of imidazole rings is 1. The number of nitrogens with zero attached hydrogens (tertiary/aromatic N) is 4. The summed E-state index contributed by atoms with van der Waals surface area (Å²) in [7, 11) is 0. The minimum atomic E-state index is -0.331. The molecule has 1 amide bonds. The topological polar surface area (TPSA) is 106 Å². The van der Waals surface area contributed by atoms with Crippen molar-refractivity contribution in [1.29, 1.82) is 0 Å². The summed E-state index contributed by atoms with van der Waals surface area (Å²) in [5.74, 6) is 0.502. The zero-order valence-corrected chi connectivity index (χ0v) is 13.8. The summed E-state index contributed by atoms with van der Waals surface area (Å²) in [6, 6.07) is 14.7. The van der Waals surface area contributed by atoms with Crippen LogP contribution in [0, 0.1) is 0 Å². The maximum Gasteiger partial charge on any atom is 0.278 e. The number of hydrogen-bond donors (Lipinski definition) is 2. The zero-order chi connectivity index (χ0) is 17.9. The molecular formula is C18H16N6O2. The van der Waals surface area contributed by atoms with Crippen LogP contribution in [0.4, 0.5) is 0 Å². The molecule has 130 valence electrons. The third-order valence-electron chi connectivity index (χ3n) is 4.05. The first-order valence-electron chi connectivity index (χ1n) is 8.23. The molecule has 2 aromatic carbocycles. The highest BCUT2D eigenvalue weighted by atomic mass is 16.2. The van der Waals surface area contributed by atoms with E-state index >= 15 is 0 Å². The van der Waals surface area contributed by atoms with Gasteiger partial charge < -0.3 is 10.3 Å². The number of hydrogen-bond acceptors (Lipinski definition) is 5. The van der Waals surface area contributed by atoms with Gasteiger partial charge in [0.05, 0.1) is 16.4 Å². The Morgan fingerprint density at radius 2 is 1.85 bits per heavy atom. The van der Waals surface area contributed by atoms with Crippen LogP contribution < -0.4 is 10.9 Å². The van der Waals surface area contributed by atoms with Crippen LogP contribution in [-0.4, -0.2) is 37.4 Å². The highest BCUT2D eigenvalue weighted by Gasteiger charge is 2.09. The van der Waals surface area contributed by atoms with E-state index in [4.69, 9.17) is 0 Å². The van der Waals surface area contributed by atoms with Crippen molar-refractivity contribution in [2.45, 2.75) is 13.0 Å². The first-order valence-corrected chi connectivity index (χ1v) is 8.23. The molecule has 0 spiro atoms. The highest BCUT2D eigenvalue weighted by Crippen LogP contribution is 2.10. The lowest BCUT2D eigenvalue weighted by Gasteiger charge is -2.06. The molecule has 0 atom stereocenters. The molecule has 0 bridgehead atoms. The Morgan fingerprint density at radius 3 is 2.69 bits per heavy atom. The summed E-state index contributed by atoms with van der Waals surface area (Å²) in [5.41, 5.74) is 2.04. The van der Waals surface area contributed by atoms with Crippen LogP contribution in [0.2, 0.25) is 0 Å². The molecule has 4 aromatic rings. The quantitative estimate of drug-likeness (QED) is 0.560. The van der Waals surface area contributed by atoms with Crippen molar-refractivity contribution in [2.75, 3.05) is 6.54 Å². The van der Waals surface area contributed by atoms with Crippen LogP contribution in [-0.2, 0) is 17.8 Å². The Kier molecular flexibility index (Phi) is 4.14. The SMILES string of the molecule is O=C(Cn1nnc2ccccc2c1=O)NCCc1nc2ccccc2[nH]1. The summed E-state index contributed by atoms with van der Waals surface area (Å²) in [6.45, 7) is 0.241. The fourth-order valence-electron chi connectivity index (χ4n) is 2.76. The number of aromatic nitrogens is 5. The minimum Gasteiger partial charge on any atom is -0.354 e. The van der Waals surface area contributed by atoms with Crippen molar-refractivity contribution in [2.24, 2.45) is 0 Å². The van der Waals surface area contributed by atoms with E-state index in [1.807, 2.05) is 24.3 Å². The molecule has 8 nitrogen and oxygen atoms in total. The summed E-state index contributed by atoms with van der Waals surface area (Å²) in [6.07, 6.45) is 0.568. The highest BCUT2D eigenvalue weighted by molar-refractivity contribution is 5.78. The number of amides is 1. The van der Waals surface area contributed by atoms with Crippen LogP contribution in [0.5, 0.6) is 0 Å². The smallest absolute Gasteiger partial charge is 0.278 e. The summed E-state index contributed by atoms with van der Waals surface area (Å²) in [5, 5.41) is 11.0. The van der Waals surface area contributed by atoms with Crippen molar-refractivity contribution >= 4 is 27.8 Å². The second-order valence-corrected chi connectivity index (χ2v) is 5.87.